The molecular formula is C78H150N12S12. The summed E-state index contributed by atoms with van der Waals surface area (Å²) in [6.07, 6.45) is 14.1. The molecule has 0 fully saturated rings. The van der Waals surface area contributed by atoms with E-state index in [-0.39, 0.29) is 0 Å². The van der Waals surface area contributed by atoms with Crippen LogP contribution in [0.15, 0.2) is 60.3 Å². The lowest BCUT2D eigenvalue weighted by Gasteiger charge is -2.37. The van der Waals surface area contributed by atoms with E-state index in [0.29, 0.717) is 0 Å². The smallest absolute Gasteiger partial charge is 0.124 e. The Hall–Kier alpha value is -0.540. The van der Waals surface area contributed by atoms with Crippen LogP contribution in [0, 0.1) is 0 Å². The maximum absolute atomic E-state index is 2.64. The predicted octanol–water partition coefficient (Wildman–Crippen LogP) is 22.1. The SMILES string of the molecule is CCN(CC)C(=C(SC)SCc1c(CSC(SC)=C(N(CC)CC)N(CC)CC)c(CSC(SC)=C(N(CC)CC)N(CC)CC)c(CSC(SC)=C(N(CC)CC)N(CC)CC)c(CSC(SC)=C(N(CC)CC)N(CC)CC)c1CSC(SC)=C(N(CC)CC)N(CC)CC)N(CC)CC. The fourth-order valence-electron chi connectivity index (χ4n) is 13.3. The Morgan fingerprint density at radius 3 is 0.294 bits per heavy atom. The second kappa shape index (κ2) is 57.5. The van der Waals surface area contributed by atoms with Crippen molar-refractivity contribution in [3.8, 4) is 0 Å². The van der Waals surface area contributed by atoms with E-state index in [9.17, 15) is 0 Å². The molecule has 0 radical (unpaired) electrons. The van der Waals surface area contributed by atoms with Gasteiger partial charge in [-0.05, 0) is 237 Å². The first-order chi connectivity index (χ1) is 49.4. The molecule has 0 spiro atoms. The fraction of sp³-hybridized carbons (Fsp3) is 0.769. The number of nitrogens with zero attached hydrogens (tertiary/aromatic N) is 12. The monoisotopic (exact) mass is 1640 g/mol. The lowest BCUT2D eigenvalue weighted by molar-refractivity contribution is 0.235. The molecular weight excluding hydrogens is 1490 g/mol. The van der Waals surface area contributed by atoms with E-state index in [1.165, 1.54) is 60.3 Å². The van der Waals surface area contributed by atoms with Gasteiger partial charge in [0.2, 0.25) is 0 Å². The maximum Gasteiger partial charge on any atom is 0.124 e. The van der Waals surface area contributed by atoms with Gasteiger partial charge in [0.1, 0.15) is 34.9 Å². The lowest BCUT2D eigenvalue weighted by atomic mass is 9.90. The molecule has 0 aliphatic heterocycles. The zero-order valence-electron chi connectivity index (χ0n) is 70.5. The summed E-state index contributed by atoms with van der Waals surface area (Å²) in [5.41, 5.74) is 9.26. The average molecular weight is 1640 g/mol. The third-order valence-corrected chi connectivity index (χ3v) is 32.9. The minimum atomic E-state index is 0.861. The highest BCUT2D eigenvalue weighted by atomic mass is 32.2. The van der Waals surface area contributed by atoms with Gasteiger partial charge in [0.15, 0.2) is 0 Å². The molecule has 0 N–H and O–H groups in total. The number of thioether (sulfide) groups is 12. The maximum atomic E-state index is 2.64. The van der Waals surface area contributed by atoms with Crippen LogP contribution >= 0.6 is 141 Å². The van der Waals surface area contributed by atoms with E-state index in [1.807, 2.05) is 70.6 Å². The molecule has 24 heteroatoms. The zero-order chi connectivity index (χ0) is 77.0. The van der Waals surface area contributed by atoms with E-state index in [2.05, 4.69) is 333 Å². The van der Waals surface area contributed by atoms with Crippen LogP contribution in [0.1, 0.15) is 200 Å². The van der Waals surface area contributed by atoms with E-state index < -0.39 is 0 Å². The van der Waals surface area contributed by atoms with Crippen LogP contribution in [0.25, 0.3) is 0 Å². The number of rotatable bonds is 60. The molecule has 1 aromatic carbocycles. The number of hydrogen-bond acceptors (Lipinski definition) is 24. The molecule has 0 heterocycles. The molecule has 1 rings (SSSR count). The van der Waals surface area contributed by atoms with Gasteiger partial charge in [-0.2, -0.15) is 0 Å². The van der Waals surface area contributed by atoms with Crippen molar-refractivity contribution < 1.29 is 0 Å². The van der Waals surface area contributed by atoms with E-state index in [4.69, 9.17) is 0 Å². The minimum absolute atomic E-state index is 0.861. The first-order valence-corrected chi connectivity index (χ1v) is 52.3. The first-order valence-electron chi connectivity index (χ1n) is 39.0. The third kappa shape index (κ3) is 28.0. The molecule has 0 aromatic heterocycles. The van der Waals surface area contributed by atoms with Crippen LogP contribution in [-0.4, -0.2) is 253 Å². The summed E-state index contributed by atoms with van der Waals surface area (Å²) in [5.74, 6) is 13.5. The summed E-state index contributed by atoms with van der Waals surface area (Å²) in [5, 5.41) is 0. The normalized spacial score (nSPS) is 11.1. The standard InChI is InChI=1S/C78H150N12S12/c1-31-79(32-2)67(80(33-3)34-4)73(91-25)97-55-61-62(56-98-74(92-26)68(81(35-5)36-6)82(37-7)38-8)64(58-100-76(94-28)70(85(43-13)44-14)86(45-15)46-16)66(60-102-78(96-30)72(89(51-21)52-22)90(53-23)54-24)65(59-101-77(95-29)71(87(47-17)48-18)88(49-19)50-20)63(61)57-99-75(93-27)69(83(39-9)40-10)84(41-11)42-12/h31-60H2,1-30H3. The number of benzene rings is 1. The quantitative estimate of drug-likeness (QED) is 0.0621. The van der Waals surface area contributed by atoms with E-state index in [0.717, 1.165) is 192 Å². The van der Waals surface area contributed by atoms with Crippen molar-refractivity contribution in [2.75, 3.05) is 195 Å². The van der Waals surface area contributed by atoms with Crippen LogP contribution in [-0.2, 0) is 34.5 Å². The molecule has 0 bridgehead atoms. The largest absolute Gasteiger partial charge is 0.357 e. The molecule has 102 heavy (non-hydrogen) atoms. The molecule has 1 aromatic rings. The Morgan fingerprint density at radius 1 is 0.157 bits per heavy atom. The lowest BCUT2D eigenvalue weighted by Crippen LogP contribution is -2.36. The second-order valence-corrected chi connectivity index (χ2v) is 35.9. The minimum Gasteiger partial charge on any atom is -0.357 e. The van der Waals surface area contributed by atoms with Gasteiger partial charge < -0.3 is 58.8 Å². The Labute approximate surface area is 682 Å². The summed E-state index contributed by atoms with van der Waals surface area (Å²) in [7, 11) is 0. The van der Waals surface area contributed by atoms with Gasteiger partial charge in [-0.1, -0.05) is 0 Å². The first kappa shape index (κ1) is 99.5. The summed E-state index contributed by atoms with van der Waals surface area (Å²) in [6, 6.07) is 0. The van der Waals surface area contributed by atoms with Crippen LogP contribution in [0.4, 0.5) is 0 Å². The van der Waals surface area contributed by atoms with Gasteiger partial charge >= 0.3 is 0 Å². The van der Waals surface area contributed by atoms with E-state index in [1.54, 1.807) is 33.4 Å². The van der Waals surface area contributed by atoms with Gasteiger partial charge in [0.25, 0.3) is 0 Å². The molecule has 12 nitrogen and oxygen atoms in total. The van der Waals surface area contributed by atoms with Crippen molar-refractivity contribution in [2.45, 2.75) is 201 Å². The van der Waals surface area contributed by atoms with Gasteiger partial charge in [-0.25, -0.2) is 0 Å². The van der Waals surface area contributed by atoms with Crippen molar-refractivity contribution in [2.24, 2.45) is 0 Å². The van der Waals surface area contributed by atoms with Crippen molar-refractivity contribution in [3.05, 3.63) is 93.7 Å². The Balaban J connectivity index is 6.21. The Bertz CT molecular complexity index is 2080. The highest BCUT2D eigenvalue weighted by molar-refractivity contribution is 8.23. The van der Waals surface area contributed by atoms with Crippen molar-refractivity contribution in [1.82, 2.24) is 58.8 Å². The van der Waals surface area contributed by atoms with Gasteiger partial charge in [0.05, 0.1) is 25.4 Å². The average Bonchev–Trinajstić information content (AvgIpc) is 0.758. The van der Waals surface area contributed by atoms with Crippen molar-refractivity contribution in [3.63, 3.8) is 0 Å². The molecule has 0 saturated heterocycles. The van der Waals surface area contributed by atoms with Crippen LogP contribution in [0.2, 0.25) is 0 Å². The summed E-state index contributed by atoms with van der Waals surface area (Å²) in [4.78, 5) is 31.7. The zero-order valence-corrected chi connectivity index (χ0v) is 80.3. The van der Waals surface area contributed by atoms with Gasteiger partial charge in [-0.3, -0.25) is 0 Å². The van der Waals surface area contributed by atoms with E-state index >= 15 is 0 Å². The number of hydrogen-bond donors (Lipinski definition) is 0. The molecule has 0 aliphatic carbocycles. The molecule has 0 atom stereocenters. The van der Waals surface area contributed by atoms with Crippen molar-refractivity contribution in [1.29, 1.82) is 0 Å². The molecule has 594 valence electrons. The van der Waals surface area contributed by atoms with Gasteiger partial charge in [-0.15, -0.1) is 141 Å². The second-order valence-electron chi connectivity index (χ2n) is 23.6. The molecule has 0 saturated carbocycles. The highest BCUT2D eigenvalue weighted by Crippen LogP contribution is 2.50. The van der Waals surface area contributed by atoms with Crippen LogP contribution < -0.4 is 0 Å². The summed E-state index contributed by atoms with van der Waals surface area (Å²) < 4.78 is 8.49. The fourth-order valence-corrected chi connectivity index (χ4v) is 25.9. The highest BCUT2D eigenvalue weighted by Gasteiger charge is 2.32. The predicted molar refractivity (Wildman–Crippen MR) is 493 cm³/mol. The Kier molecular flexibility index (Phi) is 56.1. The summed E-state index contributed by atoms with van der Waals surface area (Å²) in [6.45, 7) is 79.5. The van der Waals surface area contributed by atoms with Crippen LogP contribution in [0.5, 0.6) is 0 Å². The molecule has 0 unspecified atom stereocenters. The summed E-state index contributed by atoms with van der Waals surface area (Å²) >= 11 is 24.5. The third-order valence-electron chi connectivity index (χ3n) is 19.2. The Morgan fingerprint density at radius 2 is 0.235 bits per heavy atom. The molecule has 0 aliphatic rings. The van der Waals surface area contributed by atoms with Gasteiger partial charge in [0, 0.05) is 192 Å². The molecule has 0 amide bonds. The van der Waals surface area contributed by atoms with Crippen LogP contribution in [0.3, 0.4) is 0 Å². The topological polar surface area (TPSA) is 38.9 Å². The van der Waals surface area contributed by atoms with Crippen molar-refractivity contribution >= 4 is 141 Å².